The lowest BCUT2D eigenvalue weighted by Crippen LogP contribution is -2.35. The van der Waals surface area contributed by atoms with Crippen LogP contribution in [0.4, 0.5) is 9.18 Å². The second-order valence-corrected chi connectivity index (χ2v) is 5.61. The minimum atomic E-state index is -0.319. The normalized spacial score (nSPS) is 16.3. The number of urea groups is 1. The molecule has 1 aromatic carbocycles. The number of hydrogen-bond donors (Lipinski definition) is 1. The van der Waals surface area contributed by atoms with Gasteiger partial charge in [0.1, 0.15) is 5.82 Å². The Bertz CT molecular complexity index is 478. The molecule has 4 nitrogen and oxygen atoms in total. The van der Waals surface area contributed by atoms with Crippen molar-refractivity contribution < 1.29 is 14.0 Å². The lowest BCUT2D eigenvalue weighted by atomic mass is 10.2. The van der Waals surface area contributed by atoms with Crippen molar-refractivity contribution in [3.8, 4) is 0 Å². The van der Waals surface area contributed by atoms with E-state index in [9.17, 15) is 14.0 Å². The molecule has 1 aliphatic rings. The maximum atomic E-state index is 12.8. The smallest absolute Gasteiger partial charge is 0.324 e. The number of benzene rings is 1. The van der Waals surface area contributed by atoms with Crippen molar-refractivity contribution >= 4 is 23.7 Å². The molecule has 0 unspecified atom stereocenters. The average molecular weight is 282 g/mol. The molecule has 0 aromatic heterocycles. The van der Waals surface area contributed by atoms with Gasteiger partial charge in [-0.15, -0.1) is 11.8 Å². The lowest BCUT2D eigenvalue weighted by Gasteiger charge is -2.15. The number of nitrogens with one attached hydrogen (secondary N) is 1. The van der Waals surface area contributed by atoms with E-state index < -0.39 is 0 Å². The summed E-state index contributed by atoms with van der Waals surface area (Å²) >= 11 is 1.44. The van der Waals surface area contributed by atoms with Crippen LogP contribution in [0.25, 0.3) is 0 Å². The predicted octanol–water partition coefficient (Wildman–Crippen LogP) is 2.17. The summed E-state index contributed by atoms with van der Waals surface area (Å²) in [6, 6.07) is 5.91. The van der Waals surface area contributed by atoms with Crippen LogP contribution >= 0.6 is 11.8 Å². The number of imide groups is 1. The first-order valence-corrected chi connectivity index (χ1v) is 7.08. The monoisotopic (exact) mass is 282 g/mol. The van der Waals surface area contributed by atoms with Crippen LogP contribution in [-0.4, -0.2) is 35.7 Å². The van der Waals surface area contributed by atoms with Gasteiger partial charge in [0.2, 0.25) is 5.91 Å². The van der Waals surface area contributed by atoms with Gasteiger partial charge < -0.3 is 5.32 Å². The molecule has 0 radical (unpaired) electrons. The van der Waals surface area contributed by atoms with Gasteiger partial charge in [0.05, 0.1) is 5.75 Å². The average Bonchev–Trinajstić information content (AvgIpc) is 2.83. The molecule has 6 heteroatoms. The van der Waals surface area contributed by atoms with Crippen LogP contribution < -0.4 is 5.32 Å². The molecule has 1 heterocycles. The Balaban J connectivity index is 1.86. The molecule has 0 spiro atoms. The molecule has 3 amide bonds. The molecule has 102 valence electrons. The van der Waals surface area contributed by atoms with Crippen LogP contribution in [-0.2, 0) is 4.79 Å². The van der Waals surface area contributed by atoms with Crippen molar-refractivity contribution in [2.75, 3.05) is 18.8 Å². The fourth-order valence-electron chi connectivity index (χ4n) is 1.81. The topological polar surface area (TPSA) is 49.4 Å². The summed E-state index contributed by atoms with van der Waals surface area (Å²) in [5, 5.41) is 2.67. The Labute approximate surface area is 115 Å². The van der Waals surface area contributed by atoms with Crippen molar-refractivity contribution in [1.29, 1.82) is 0 Å². The number of amides is 3. The summed E-state index contributed by atoms with van der Waals surface area (Å²) in [7, 11) is 0. The van der Waals surface area contributed by atoms with Crippen molar-refractivity contribution in [1.82, 2.24) is 10.2 Å². The number of thioether (sulfide) groups is 1. The van der Waals surface area contributed by atoms with Gasteiger partial charge >= 0.3 is 6.03 Å². The van der Waals surface area contributed by atoms with Gasteiger partial charge in [-0.3, -0.25) is 9.69 Å². The number of hydrogen-bond acceptors (Lipinski definition) is 3. The third-order valence-electron chi connectivity index (χ3n) is 2.95. The third-order valence-corrected chi connectivity index (χ3v) is 4.14. The summed E-state index contributed by atoms with van der Waals surface area (Å²) in [6.45, 7) is 2.90. The van der Waals surface area contributed by atoms with E-state index in [-0.39, 0.29) is 28.8 Å². The zero-order valence-corrected chi connectivity index (χ0v) is 11.4. The van der Waals surface area contributed by atoms with Gasteiger partial charge in [0.15, 0.2) is 0 Å². The zero-order chi connectivity index (χ0) is 13.8. The van der Waals surface area contributed by atoms with Gasteiger partial charge in [-0.2, -0.15) is 0 Å². The van der Waals surface area contributed by atoms with Gasteiger partial charge in [-0.25, -0.2) is 9.18 Å². The minimum Gasteiger partial charge on any atom is -0.336 e. The van der Waals surface area contributed by atoms with E-state index in [1.165, 1.54) is 28.8 Å². The number of carbonyl (C=O) groups is 2. The number of halogens is 1. The molecule has 0 saturated carbocycles. The largest absolute Gasteiger partial charge is 0.336 e. The highest BCUT2D eigenvalue weighted by Gasteiger charge is 2.26. The van der Waals surface area contributed by atoms with Crippen LogP contribution in [0.2, 0.25) is 0 Å². The number of rotatable bonds is 4. The Hall–Kier alpha value is -1.56. The van der Waals surface area contributed by atoms with Crippen molar-refractivity contribution in [3.63, 3.8) is 0 Å². The Morgan fingerprint density at radius 2 is 2.16 bits per heavy atom. The highest BCUT2D eigenvalue weighted by molar-refractivity contribution is 8.00. The van der Waals surface area contributed by atoms with E-state index in [2.05, 4.69) is 5.32 Å². The predicted molar refractivity (Wildman–Crippen MR) is 72.4 cm³/mol. The number of carbonyl (C=O) groups excluding carboxylic acids is 2. The van der Waals surface area contributed by atoms with Crippen LogP contribution in [0.5, 0.6) is 0 Å². The molecule has 1 aliphatic heterocycles. The molecular weight excluding hydrogens is 267 g/mol. The van der Waals surface area contributed by atoms with E-state index in [0.717, 1.165) is 5.56 Å². The quantitative estimate of drug-likeness (QED) is 0.920. The molecule has 1 N–H and O–H groups in total. The molecule has 0 bridgehead atoms. The van der Waals surface area contributed by atoms with E-state index in [0.29, 0.717) is 13.1 Å². The Morgan fingerprint density at radius 1 is 1.47 bits per heavy atom. The second kappa shape index (κ2) is 6.06. The first-order valence-electron chi connectivity index (χ1n) is 6.03. The molecule has 19 heavy (non-hydrogen) atoms. The standard InChI is InChI=1S/C13H15FN2O2S/c1-9(10-2-4-11(14)5-3-10)19-8-12(17)16-7-6-15-13(16)18/h2-5,9H,6-8H2,1H3,(H,15,18)/t9-/m1/s1. The van der Waals surface area contributed by atoms with E-state index >= 15 is 0 Å². The van der Waals surface area contributed by atoms with Crippen molar-refractivity contribution in [2.45, 2.75) is 12.2 Å². The van der Waals surface area contributed by atoms with Gasteiger partial charge in [-0.05, 0) is 24.6 Å². The summed E-state index contributed by atoms with van der Waals surface area (Å²) in [5.74, 6) is -0.217. The second-order valence-electron chi connectivity index (χ2n) is 4.28. The highest BCUT2D eigenvalue weighted by atomic mass is 32.2. The molecule has 1 aromatic rings. The lowest BCUT2D eigenvalue weighted by molar-refractivity contribution is -0.124. The highest BCUT2D eigenvalue weighted by Crippen LogP contribution is 2.28. The summed E-state index contributed by atoms with van der Waals surface area (Å²) < 4.78 is 12.8. The summed E-state index contributed by atoms with van der Waals surface area (Å²) in [4.78, 5) is 24.4. The van der Waals surface area contributed by atoms with Crippen LogP contribution in [0.3, 0.4) is 0 Å². The molecule has 1 saturated heterocycles. The summed E-state index contributed by atoms with van der Waals surface area (Å²) in [5.41, 5.74) is 0.963. The van der Waals surface area contributed by atoms with Crippen molar-refractivity contribution in [2.24, 2.45) is 0 Å². The molecular formula is C13H15FN2O2S. The summed E-state index contributed by atoms with van der Waals surface area (Å²) in [6.07, 6.45) is 0. The molecule has 2 rings (SSSR count). The third kappa shape index (κ3) is 3.47. The van der Waals surface area contributed by atoms with Gasteiger partial charge in [0.25, 0.3) is 0 Å². The minimum absolute atomic E-state index is 0.0789. The van der Waals surface area contributed by atoms with E-state index in [1.54, 1.807) is 12.1 Å². The molecule has 0 aliphatic carbocycles. The first kappa shape index (κ1) is 13.9. The van der Waals surface area contributed by atoms with Gasteiger partial charge in [-0.1, -0.05) is 12.1 Å². The van der Waals surface area contributed by atoms with Crippen LogP contribution in [0.15, 0.2) is 24.3 Å². The van der Waals surface area contributed by atoms with Gasteiger partial charge in [0, 0.05) is 18.3 Å². The molecule has 1 fully saturated rings. The fourth-order valence-corrected chi connectivity index (χ4v) is 2.71. The fraction of sp³-hybridized carbons (Fsp3) is 0.385. The SMILES string of the molecule is C[C@@H](SCC(=O)N1CCNC1=O)c1ccc(F)cc1. The Kier molecular flexibility index (Phi) is 4.42. The van der Waals surface area contributed by atoms with E-state index in [4.69, 9.17) is 0 Å². The maximum absolute atomic E-state index is 12.8. The van der Waals surface area contributed by atoms with E-state index in [1.807, 2.05) is 6.92 Å². The van der Waals surface area contributed by atoms with Crippen molar-refractivity contribution in [3.05, 3.63) is 35.6 Å². The van der Waals surface area contributed by atoms with Crippen LogP contribution in [0.1, 0.15) is 17.7 Å². The first-order chi connectivity index (χ1) is 9.08. The zero-order valence-electron chi connectivity index (χ0n) is 10.6. The maximum Gasteiger partial charge on any atom is 0.324 e. The number of nitrogens with zero attached hydrogens (tertiary/aromatic N) is 1. The Morgan fingerprint density at radius 3 is 2.74 bits per heavy atom. The van der Waals surface area contributed by atoms with Crippen LogP contribution in [0, 0.1) is 5.82 Å². The molecule has 1 atom stereocenters.